The summed E-state index contributed by atoms with van der Waals surface area (Å²) in [6.07, 6.45) is 15.5. The summed E-state index contributed by atoms with van der Waals surface area (Å²) in [6.45, 7) is 0. The summed E-state index contributed by atoms with van der Waals surface area (Å²) >= 11 is 0. The fourth-order valence-electron chi connectivity index (χ4n) is 4.52. The van der Waals surface area contributed by atoms with E-state index in [-0.39, 0.29) is 11.1 Å². The molecule has 0 amide bonds. The first-order valence-corrected chi connectivity index (χ1v) is 7.27. The summed E-state index contributed by atoms with van der Waals surface area (Å²) in [5.41, 5.74) is 0.380. The van der Waals surface area contributed by atoms with Crippen LogP contribution >= 0.6 is 0 Å². The molecule has 0 aromatic heterocycles. The van der Waals surface area contributed by atoms with Crippen molar-refractivity contribution in [3.8, 4) is 0 Å². The molecule has 2 nitrogen and oxygen atoms in total. The van der Waals surface area contributed by atoms with Gasteiger partial charge in [0.2, 0.25) is 0 Å². The van der Waals surface area contributed by atoms with Crippen LogP contribution in [0.4, 0.5) is 0 Å². The molecule has 2 aliphatic carbocycles. The third-order valence-electron chi connectivity index (χ3n) is 5.52. The minimum atomic E-state index is 0.190. The van der Waals surface area contributed by atoms with Crippen LogP contribution in [0.1, 0.15) is 77.0 Å². The minimum absolute atomic E-state index is 0.190. The summed E-state index contributed by atoms with van der Waals surface area (Å²) in [5.74, 6) is 0. The average molecular weight is 223 g/mol. The van der Waals surface area contributed by atoms with Crippen LogP contribution in [-0.2, 0) is 0 Å². The van der Waals surface area contributed by atoms with Gasteiger partial charge in [-0.25, -0.2) is 0 Å². The van der Waals surface area contributed by atoms with Crippen LogP contribution in [0.3, 0.4) is 0 Å². The molecule has 0 aromatic carbocycles. The summed E-state index contributed by atoms with van der Waals surface area (Å²) < 4.78 is 0. The Morgan fingerprint density at radius 1 is 0.562 bits per heavy atom. The SMILES string of the molecule is ON1C2(CCCCC2)CCC12CCCCC2. The molecule has 1 N–H and O–H groups in total. The van der Waals surface area contributed by atoms with Crippen molar-refractivity contribution in [3.05, 3.63) is 0 Å². The van der Waals surface area contributed by atoms with Gasteiger partial charge in [-0.3, -0.25) is 0 Å². The van der Waals surface area contributed by atoms with Crippen LogP contribution in [-0.4, -0.2) is 21.3 Å². The number of hydrogen-bond donors (Lipinski definition) is 1. The molecular formula is C14H25NO. The zero-order valence-electron chi connectivity index (χ0n) is 10.4. The minimum Gasteiger partial charge on any atom is -0.313 e. The fraction of sp³-hybridized carbons (Fsp3) is 1.00. The molecular weight excluding hydrogens is 198 g/mol. The monoisotopic (exact) mass is 223 g/mol. The van der Waals surface area contributed by atoms with E-state index in [0.29, 0.717) is 0 Å². The molecule has 2 spiro atoms. The van der Waals surface area contributed by atoms with Gasteiger partial charge in [0.15, 0.2) is 0 Å². The highest BCUT2D eigenvalue weighted by Gasteiger charge is 2.54. The largest absolute Gasteiger partial charge is 0.313 e. The highest BCUT2D eigenvalue weighted by Crippen LogP contribution is 2.52. The summed E-state index contributed by atoms with van der Waals surface area (Å²) in [6, 6.07) is 0. The Morgan fingerprint density at radius 2 is 0.938 bits per heavy atom. The lowest BCUT2D eigenvalue weighted by Crippen LogP contribution is -2.53. The highest BCUT2D eigenvalue weighted by molar-refractivity contribution is 5.06. The fourth-order valence-corrected chi connectivity index (χ4v) is 4.52. The Hall–Kier alpha value is -0.0800. The van der Waals surface area contributed by atoms with Crippen molar-refractivity contribution in [2.75, 3.05) is 0 Å². The van der Waals surface area contributed by atoms with Gasteiger partial charge in [0.1, 0.15) is 0 Å². The smallest absolute Gasteiger partial charge is 0.0467 e. The van der Waals surface area contributed by atoms with E-state index in [2.05, 4.69) is 0 Å². The van der Waals surface area contributed by atoms with E-state index in [1.165, 1.54) is 77.0 Å². The van der Waals surface area contributed by atoms with Crippen LogP contribution in [0, 0.1) is 0 Å². The van der Waals surface area contributed by atoms with E-state index in [4.69, 9.17) is 0 Å². The molecule has 92 valence electrons. The molecule has 2 heteroatoms. The predicted octanol–water partition coefficient (Wildman–Crippen LogP) is 3.88. The van der Waals surface area contributed by atoms with Crippen LogP contribution in [0.2, 0.25) is 0 Å². The molecule has 3 fully saturated rings. The average Bonchev–Trinajstić information content (AvgIpc) is 2.59. The van der Waals surface area contributed by atoms with Crippen LogP contribution in [0.5, 0.6) is 0 Å². The van der Waals surface area contributed by atoms with E-state index >= 15 is 0 Å². The van der Waals surface area contributed by atoms with Crippen LogP contribution < -0.4 is 0 Å². The molecule has 0 atom stereocenters. The predicted molar refractivity (Wildman–Crippen MR) is 64.5 cm³/mol. The number of hydrogen-bond acceptors (Lipinski definition) is 2. The maximum atomic E-state index is 10.7. The second-order valence-corrected chi connectivity index (χ2v) is 6.38. The van der Waals surface area contributed by atoms with Gasteiger partial charge >= 0.3 is 0 Å². The summed E-state index contributed by atoms with van der Waals surface area (Å²) in [4.78, 5) is 0. The topological polar surface area (TPSA) is 23.5 Å². The molecule has 0 aromatic rings. The third kappa shape index (κ3) is 1.53. The molecule has 1 heterocycles. The lowest BCUT2D eigenvalue weighted by atomic mass is 9.80. The van der Waals surface area contributed by atoms with Gasteiger partial charge in [0.05, 0.1) is 0 Å². The van der Waals surface area contributed by atoms with E-state index in [0.717, 1.165) is 0 Å². The molecule has 1 aliphatic heterocycles. The number of nitrogens with zero attached hydrogens (tertiary/aromatic N) is 1. The van der Waals surface area contributed by atoms with Crippen molar-refractivity contribution >= 4 is 0 Å². The molecule has 16 heavy (non-hydrogen) atoms. The summed E-state index contributed by atoms with van der Waals surface area (Å²) in [7, 11) is 0. The van der Waals surface area contributed by atoms with Gasteiger partial charge in [-0.05, 0) is 38.5 Å². The van der Waals surface area contributed by atoms with E-state index in [1.54, 1.807) is 0 Å². The quantitative estimate of drug-likeness (QED) is 0.673. The first-order chi connectivity index (χ1) is 7.78. The highest BCUT2D eigenvalue weighted by atomic mass is 16.5. The van der Waals surface area contributed by atoms with E-state index in [9.17, 15) is 5.21 Å². The maximum Gasteiger partial charge on any atom is 0.0467 e. The van der Waals surface area contributed by atoms with Crippen molar-refractivity contribution < 1.29 is 5.21 Å². The van der Waals surface area contributed by atoms with Gasteiger partial charge in [0.25, 0.3) is 0 Å². The Bertz CT molecular complexity index is 225. The van der Waals surface area contributed by atoms with E-state index in [1.807, 2.05) is 5.06 Å². The van der Waals surface area contributed by atoms with Crippen LogP contribution in [0.25, 0.3) is 0 Å². The van der Waals surface area contributed by atoms with Crippen molar-refractivity contribution in [2.45, 2.75) is 88.1 Å². The maximum absolute atomic E-state index is 10.7. The zero-order valence-corrected chi connectivity index (χ0v) is 10.4. The first-order valence-electron chi connectivity index (χ1n) is 7.27. The lowest BCUT2D eigenvalue weighted by molar-refractivity contribution is -0.226. The number of hydroxylamine groups is 2. The van der Waals surface area contributed by atoms with Crippen LogP contribution in [0.15, 0.2) is 0 Å². The Balaban J connectivity index is 1.79. The summed E-state index contributed by atoms with van der Waals surface area (Å²) in [5, 5.41) is 12.6. The van der Waals surface area contributed by atoms with Gasteiger partial charge < -0.3 is 5.21 Å². The lowest BCUT2D eigenvalue weighted by Gasteiger charge is -2.46. The van der Waals surface area contributed by atoms with Gasteiger partial charge in [-0.1, -0.05) is 38.5 Å². The van der Waals surface area contributed by atoms with E-state index < -0.39 is 0 Å². The van der Waals surface area contributed by atoms with Gasteiger partial charge in [-0.15, -0.1) is 0 Å². The molecule has 3 aliphatic rings. The normalized spacial score (nSPS) is 33.6. The molecule has 1 saturated heterocycles. The van der Waals surface area contributed by atoms with Crippen molar-refractivity contribution in [1.82, 2.24) is 5.06 Å². The zero-order chi connectivity index (χ0) is 11.1. The van der Waals surface area contributed by atoms with Crippen molar-refractivity contribution in [1.29, 1.82) is 0 Å². The standard InChI is InChI=1S/C14H25NO/c16-15-13(7-3-1-4-8-13)11-12-14(15)9-5-2-6-10-14/h16H,1-12H2. The van der Waals surface area contributed by atoms with Gasteiger partial charge in [0, 0.05) is 11.1 Å². The first kappa shape index (κ1) is 11.0. The Kier molecular flexibility index (Phi) is 2.75. The third-order valence-corrected chi connectivity index (χ3v) is 5.52. The molecule has 2 saturated carbocycles. The molecule has 0 radical (unpaired) electrons. The number of rotatable bonds is 0. The second kappa shape index (κ2) is 3.99. The molecule has 0 bridgehead atoms. The second-order valence-electron chi connectivity index (χ2n) is 6.38. The Morgan fingerprint density at radius 3 is 1.31 bits per heavy atom. The Labute approximate surface area is 99.0 Å². The molecule has 3 rings (SSSR count). The van der Waals surface area contributed by atoms with Crippen molar-refractivity contribution in [3.63, 3.8) is 0 Å². The molecule has 0 unspecified atom stereocenters. The van der Waals surface area contributed by atoms with Gasteiger partial charge in [-0.2, -0.15) is 5.06 Å². The van der Waals surface area contributed by atoms with Crippen molar-refractivity contribution in [2.24, 2.45) is 0 Å².